The van der Waals surface area contributed by atoms with E-state index in [-0.39, 0.29) is 5.92 Å². The molecule has 1 heterocycles. The highest BCUT2D eigenvalue weighted by atomic mass is 16.5. The van der Waals surface area contributed by atoms with Crippen LogP contribution in [-0.4, -0.2) is 28.7 Å². The van der Waals surface area contributed by atoms with Gasteiger partial charge in [-0.05, 0) is 49.1 Å². The molecule has 0 saturated heterocycles. The second-order valence-corrected chi connectivity index (χ2v) is 6.91. The third-order valence-corrected chi connectivity index (χ3v) is 4.31. The summed E-state index contributed by atoms with van der Waals surface area (Å²) in [6.45, 7) is 5.77. The largest absolute Gasteiger partial charge is 0.425 e. The Labute approximate surface area is 152 Å². The van der Waals surface area contributed by atoms with Gasteiger partial charge in [-0.3, -0.25) is 14.5 Å². The highest BCUT2D eigenvalue weighted by molar-refractivity contribution is 6.22. The second kappa shape index (κ2) is 7.12. The first kappa shape index (κ1) is 17.9. The van der Waals surface area contributed by atoms with Crippen LogP contribution in [0, 0.1) is 12.8 Å². The Bertz CT molecular complexity index is 837. The van der Waals surface area contributed by atoms with Gasteiger partial charge in [0.1, 0.15) is 11.8 Å². The van der Waals surface area contributed by atoms with Crippen molar-refractivity contribution in [2.75, 3.05) is 0 Å². The standard InChI is InChI=1S/C21H21NO4/c1-13(2)11-18(21(25)26-15-8-6-7-14(3)12-15)22-19(23)16-9-4-5-10-17(16)20(22)24/h4-10,12-13,18H,11H2,1-3H3/t18-/m1/s1. The van der Waals surface area contributed by atoms with Gasteiger partial charge in [0.2, 0.25) is 0 Å². The highest BCUT2D eigenvalue weighted by Crippen LogP contribution is 2.28. The Morgan fingerprint density at radius 1 is 1.00 bits per heavy atom. The monoisotopic (exact) mass is 351 g/mol. The van der Waals surface area contributed by atoms with Gasteiger partial charge in [0.05, 0.1) is 11.1 Å². The molecule has 0 aromatic heterocycles. The van der Waals surface area contributed by atoms with E-state index in [1.54, 1.807) is 42.5 Å². The molecular formula is C21H21NO4. The van der Waals surface area contributed by atoms with Crippen LogP contribution in [0.3, 0.4) is 0 Å². The van der Waals surface area contributed by atoms with Crippen molar-refractivity contribution in [3.63, 3.8) is 0 Å². The van der Waals surface area contributed by atoms with E-state index in [1.807, 2.05) is 26.8 Å². The number of carbonyl (C=O) groups excluding carboxylic acids is 3. The number of fused-ring (bicyclic) bond motifs is 1. The van der Waals surface area contributed by atoms with Crippen LogP contribution in [-0.2, 0) is 4.79 Å². The number of esters is 1. The summed E-state index contributed by atoms with van der Waals surface area (Å²) in [5, 5.41) is 0. The van der Waals surface area contributed by atoms with Crippen LogP contribution in [0.15, 0.2) is 48.5 Å². The third-order valence-electron chi connectivity index (χ3n) is 4.31. The fourth-order valence-corrected chi connectivity index (χ4v) is 3.11. The van der Waals surface area contributed by atoms with Crippen LogP contribution < -0.4 is 4.74 Å². The van der Waals surface area contributed by atoms with Gasteiger partial charge >= 0.3 is 5.97 Å². The first-order valence-corrected chi connectivity index (χ1v) is 8.63. The number of nitrogens with zero attached hydrogens (tertiary/aromatic N) is 1. The Hall–Kier alpha value is -2.95. The van der Waals surface area contributed by atoms with E-state index in [4.69, 9.17) is 4.74 Å². The number of benzene rings is 2. The van der Waals surface area contributed by atoms with E-state index in [9.17, 15) is 14.4 Å². The summed E-state index contributed by atoms with van der Waals surface area (Å²) in [6, 6.07) is 12.8. The summed E-state index contributed by atoms with van der Waals surface area (Å²) >= 11 is 0. The predicted octanol–water partition coefficient (Wildman–Crippen LogP) is 3.61. The van der Waals surface area contributed by atoms with Crippen LogP contribution in [0.25, 0.3) is 0 Å². The molecule has 1 atom stereocenters. The lowest BCUT2D eigenvalue weighted by Gasteiger charge is -2.25. The fraction of sp³-hybridized carbons (Fsp3) is 0.286. The average Bonchev–Trinajstić information content (AvgIpc) is 2.84. The van der Waals surface area contributed by atoms with Crippen molar-refractivity contribution in [3.05, 3.63) is 65.2 Å². The van der Waals surface area contributed by atoms with Crippen LogP contribution in [0.1, 0.15) is 46.5 Å². The zero-order valence-corrected chi connectivity index (χ0v) is 15.1. The summed E-state index contributed by atoms with van der Waals surface area (Å²) in [5.41, 5.74) is 1.61. The predicted molar refractivity (Wildman–Crippen MR) is 97.0 cm³/mol. The Kier molecular flexibility index (Phi) is 4.89. The number of ether oxygens (including phenoxy) is 1. The molecule has 0 N–H and O–H groups in total. The molecule has 3 rings (SSSR count). The minimum absolute atomic E-state index is 0.106. The third kappa shape index (κ3) is 3.38. The molecule has 2 amide bonds. The maximum absolute atomic E-state index is 12.8. The maximum atomic E-state index is 12.8. The first-order valence-electron chi connectivity index (χ1n) is 8.63. The molecule has 2 aromatic carbocycles. The molecule has 5 nitrogen and oxygen atoms in total. The molecular weight excluding hydrogens is 330 g/mol. The van der Waals surface area contributed by atoms with Crippen LogP contribution >= 0.6 is 0 Å². The number of amides is 2. The molecule has 2 aromatic rings. The summed E-state index contributed by atoms with van der Waals surface area (Å²) in [5.74, 6) is -0.983. The molecule has 26 heavy (non-hydrogen) atoms. The van der Waals surface area contributed by atoms with Gasteiger partial charge in [-0.25, -0.2) is 4.79 Å². The van der Waals surface area contributed by atoms with E-state index < -0.39 is 23.8 Å². The van der Waals surface area contributed by atoms with Gasteiger partial charge in [0, 0.05) is 0 Å². The van der Waals surface area contributed by atoms with Crippen molar-refractivity contribution in [2.45, 2.75) is 33.2 Å². The van der Waals surface area contributed by atoms with Crippen LogP contribution in [0.4, 0.5) is 0 Å². The minimum Gasteiger partial charge on any atom is -0.425 e. The van der Waals surface area contributed by atoms with Crippen LogP contribution in [0.2, 0.25) is 0 Å². The number of aryl methyl sites for hydroxylation is 1. The molecule has 0 bridgehead atoms. The normalized spacial score (nSPS) is 14.5. The van der Waals surface area contributed by atoms with Crippen LogP contribution in [0.5, 0.6) is 5.75 Å². The summed E-state index contributed by atoms with van der Waals surface area (Å²) in [4.78, 5) is 39.3. The molecule has 0 unspecified atom stereocenters. The number of hydrogen-bond donors (Lipinski definition) is 0. The smallest absolute Gasteiger partial charge is 0.334 e. The van der Waals surface area contributed by atoms with Crippen molar-refractivity contribution < 1.29 is 19.1 Å². The van der Waals surface area contributed by atoms with E-state index in [2.05, 4.69) is 0 Å². The zero-order chi connectivity index (χ0) is 18.8. The summed E-state index contributed by atoms with van der Waals surface area (Å²) in [7, 11) is 0. The Balaban J connectivity index is 1.90. The molecule has 0 saturated carbocycles. The molecule has 134 valence electrons. The number of imide groups is 1. The number of rotatable bonds is 5. The molecule has 1 aliphatic rings. The van der Waals surface area contributed by atoms with Crippen molar-refractivity contribution in [1.29, 1.82) is 0 Å². The van der Waals surface area contributed by atoms with Crippen molar-refractivity contribution in [3.8, 4) is 5.75 Å². The maximum Gasteiger partial charge on any atom is 0.334 e. The van der Waals surface area contributed by atoms with Gasteiger partial charge < -0.3 is 4.74 Å². The Morgan fingerprint density at radius 2 is 1.62 bits per heavy atom. The number of carbonyl (C=O) groups is 3. The van der Waals surface area contributed by atoms with Gasteiger partial charge in [-0.15, -0.1) is 0 Å². The van der Waals surface area contributed by atoms with E-state index in [0.29, 0.717) is 23.3 Å². The number of hydrogen-bond acceptors (Lipinski definition) is 4. The second-order valence-electron chi connectivity index (χ2n) is 6.91. The molecule has 0 radical (unpaired) electrons. The minimum atomic E-state index is -0.956. The highest BCUT2D eigenvalue weighted by Gasteiger charge is 2.43. The van der Waals surface area contributed by atoms with Gasteiger partial charge in [-0.1, -0.05) is 38.1 Å². The lowest BCUT2D eigenvalue weighted by atomic mass is 10.0. The quantitative estimate of drug-likeness (QED) is 0.469. The lowest BCUT2D eigenvalue weighted by molar-refractivity contribution is -0.139. The Morgan fingerprint density at radius 3 is 2.15 bits per heavy atom. The van der Waals surface area contributed by atoms with E-state index in [0.717, 1.165) is 10.5 Å². The summed E-state index contributed by atoms with van der Waals surface area (Å²) in [6.07, 6.45) is 0.343. The fourth-order valence-electron chi connectivity index (χ4n) is 3.11. The average molecular weight is 351 g/mol. The van der Waals surface area contributed by atoms with E-state index >= 15 is 0 Å². The SMILES string of the molecule is Cc1cccc(OC(=O)[C@@H](CC(C)C)N2C(=O)c3ccccc3C2=O)c1. The van der Waals surface area contributed by atoms with Gasteiger partial charge in [0.25, 0.3) is 11.8 Å². The molecule has 0 aliphatic carbocycles. The topological polar surface area (TPSA) is 63.7 Å². The van der Waals surface area contributed by atoms with Gasteiger partial charge in [0.15, 0.2) is 0 Å². The molecule has 0 fully saturated rings. The molecule has 5 heteroatoms. The molecule has 1 aliphatic heterocycles. The van der Waals surface area contributed by atoms with Crippen molar-refractivity contribution in [2.24, 2.45) is 5.92 Å². The summed E-state index contributed by atoms with van der Waals surface area (Å²) < 4.78 is 5.48. The van der Waals surface area contributed by atoms with Gasteiger partial charge in [-0.2, -0.15) is 0 Å². The first-order chi connectivity index (χ1) is 12.4. The van der Waals surface area contributed by atoms with Crippen molar-refractivity contribution >= 4 is 17.8 Å². The zero-order valence-electron chi connectivity index (χ0n) is 15.1. The lowest BCUT2D eigenvalue weighted by Crippen LogP contribution is -2.47. The molecule has 0 spiro atoms. The van der Waals surface area contributed by atoms with E-state index in [1.165, 1.54) is 0 Å². The van der Waals surface area contributed by atoms with Crippen molar-refractivity contribution in [1.82, 2.24) is 4.90 Å².